The molecule has 0 radical (unpaired) electrons. The van der Waals surface area contributed by atoms with Crippen molar-refractivity contribution in [1.29, 1.82) is 0 Å². The van der Waals surface area contributed by atoms with Gasteiger partial charge in [-0.15, -0.1) is 0 Å². The second-order valence-corrected chi connectivity index (χ2v) is 3.69. The summed E-state index contributed by atoms with van der Waals surface area (Å²) in [7, 11) is 0. The number of nitrogens with zero attached hydrogens (tertiary/aromatic N) is 2. The Bertz CT molecular complexity index is 323. The van der Waals surface area contributed by atoms with E-state index in [0.29, 0.717) is 18.1 Å². The van der Waals surface area contributed by atoms with Crippen molar-refractivity contribution >= 4 is 5.69 Å². The lowest BCUT2D eigenvalue weighted by molar-refractivity contribution is -0.139. The van der Waals surface area contributed by atoms with Gasteiger partial charge in [0.05, 0.1) is 24.7 Å². The Labute approximate surface area is 82.3 Å². The molecule has 2 N–H and O–H groups in total. The number of nitrogen functional groups attached to an aromatic ring is 1. The standard InChI is InChI=1S/C9H13N3O2/c1-9(2)13-5-7(14-9)8-11-3-6(10)4-12-8/h3-4,7H,5,10H2,1-2H3. The Hall–Kier alpha value is -1.20. The molecule has 0 aromatic carbocycles. The van der Waals surface area contributed by atoms with Crippen LogP contribution in [0.15, 0.2) is 12.4 Å². The highest BCUT2D eigenvalue weighted by Crippen LogP contribution is 2.30. The number of rotatable bonds is 1. The lowest BCUT2D eigenvalue weighted by atomic mass is 10.3. The van der Waals surface area contributed by atoms with Gasteiger partial charge in [-0.3, -0.25) is 0 Å². The average molecular weight is 195 g/mol. The van der Waals surface area contributed by atoms with Crippen molar-refractivity contribution in [2.75, 3.05) is 12.3 Å². The second-order valence-electron chi connectivity index (χ2n) is 3.69. The van der Waals surface area contributed by atoms with Gasteiger partial charge >= 0.3 is 0 Å². The van der Waals surface area contributed by atoms with Gasteiger partial charge in [0.1, 0.15) is 6.10 Å². The van der Waals surface area contributed by atoms with Gasteiger partial charge in [-0.25, -0.2) is 9.97 Å². The van der Waals surface area contributed by atoms with Gasteiger partial charge < -0.3 is 15.2 Å². The summed E-state index contributed by atoms with van der Waals surface area (Å²) < 4.78 is 11.0. The molecular weight excluding hydrogens is 182 g/mol. The smallest absolute Gasteiger partial charge is 0.164 e. The topological polar surface area (TPSA) is 70.3 Å². The average Bonchev–Trinajstić information content (AvgIpc) is 2.47. The first-order valence-electron chi connectivity index (χ1n) is 4.46. The fraction of sp³-hybridized carbons (Fsp3) is 0.556. The van der Waals surface area contributed by atoms with Crippen molar-refractivity contribution in [2.24, 2.45) is 0 Å². The highest BCUT2D eigenvalue weighted by atomic mass is 16.7. The number of ether oxygens (including phenoxy) is 2. The van der Waals surface area contributed by atoms with Crippen LogP contribution >= 0.6 is 0 Å². The fourth-order valence-electron chi connectivity index (χ4n) is 1.33. The maximum atomic E-state index is 5.59. The van der Waals surface area contributed by atoms with E-state index in [1.807, 2.05) is 13.8 Å². The Morgan fingerprint density at radius 1 is 1.43 bits per heavy atom. The Morgan fingerprint density at radius 3 is 2.57 bits per heavy atom. The van der Waals surface area contributed by atoms with E-state index in [4.69, 9.17) is 15.2 Å². The molecule has 5 nitrogen and oxygen atoms in total. The van der Waals surface area contributed by atoms with Crippen LogP contribution in [0.3, 0.4) is 0 Å². The van der Waals surface area contributed by atoms with Crippen molar-refractivity contribution < 1.29 is 9.47 Å². The minimum Gasteiger partial charge on any atom is -0.396 e. The lowest BCUT2D eigenvalue weighted by Crippen LogP contribution is -2.20. The maximum Gasteiger partial charge on any atom is 0.164 e. The molecule has 0 saturated carbocycles. The van der Waals surface area contributed by atoms with Crippen LogP contribution in [0.5, 0.6) is 0 Å². The summed E-state index contributed by atoms with van der Waals surface area (Å²) in [5, 5.41) is 0. The van der Waals surface area contributed by atoms with Crippen LogP contribution in [0.25, 0.3) is 0 Å². The lowest BCUT2D eigenvalue weighted by Gasteiger charge is -2.16. The minimum absolute atomic E-state index is 0.189. The monoisotopic (exact) mass is 195 g/mol. The molecule has 76 valence electrons. The Morgan fingerprint density at radius 2 is 2.07 bits per heavy atom. The highest BCUT2D eigenvalue weighted by Gasteiger charge is 2.34. The summed E-state index contributed by atoms with van der Waals surface area (Å²) in [6.45, 7) is 4.21. The van der Waals surface area contributed by atoms with Gasteiger partial charge in [0.15, 0.2) is 11.6 Å². The second kappa shape index (κ2) is 3.18. The summed E-state index contributed by atoms with van der Waals surface area (Å²) in [5.74, 6) is 0.0693. The van der Waals surface area contributed by atoms with Crippen molar-refractivity contribution in [3.05, 3.63) is 18.2 Å². The quantitative estimate of drug-likeness (QED) is 0.720. The number of hydrogen-bond acceptors (Lipinski definition) is 5. The molecule has 2 heterocycles. The van der Waals surface area contributed by atoms with E-state index in [2.05, 4.69) is 9.97 Å². The normalized spacial score (nSPS) is 25.1. The van der Waals surface area contributed by atoms with E-state index >= 15 is 0 Å². The van der Waals surface area contributed by atoms with Crippen LogP contribution in [-0.2, 0) is 9.47 Å². The van der Waals surface area contributed by atoms with E-state index in [1.54, 1.807) is 12.4 Å². The predicted molar refractivity (Wildman–Crippen MR) is 50.3 cm³/mol. The summed E-state index contributed by atoms with van der Waals surface area (Å²) in [6, 6.07) is 0. The first-order valence-corrected chi connectivity index (χ1v) is 4.46. The third-order valence-electron chi connectivity index (χ3n) is 1.99. The highest BCUT2D eigenvalue weighted by molar-refractivity contribution is 5.30. The molecule has 5 heteroatoms. The number of hydrogen-bond donors (Lipinski definition) is 1. The first-order chi connectivity index (χ1) is 6.57. The molecule has 14 heavy (non-hydrogen) atoms. The number of aromatic nitrogens is 2. The van der Waals surface area contributed by atoms with Crippen molar-refractivity contribution in [1.82, 2.24) is 9.97 Å². The molecule has 1 aromatic rings. The van der Waals surface area contributed by atoms with E-state index in [1.165, 1.54) is 0 Å². The molecular formula is C9H13N3O2. The zero-order valence-corrected chi connectivity index (χ0v) is 8.23. The van der Waals surface area contributed by atoms with Crippen LogP contribution < -0.4 is 5.73 Å². The van der Waals surface area contributed by atoms with Gasteiger partial charge in [-0.05, 0) is 13.8 Å². The molecule has 1 aliphatic rings. The van der Waals surface area contributed by atoms with Crippen LogP contribution in [0.1, 0.15) is 25.8 Å². The molecule has 1 aliphatic heterocycles. The van der Waals surface area contributed by atoms with E-state index in [0.717, 1.165) is 0 Å². The van der Waals surface area contributed by atoms with Gasteiger partial charge in [-0.2, -0.15) is 0 Å². The van der Waals surface area contributed by atoms with E-state index in [9.17, 15) is 0 Å². The van der Waals surface area contributed by atoms with Crippen LogP contribution in [0, 0.1) is 0 Å². The van der Waals surface area contributed by atoms with Crippen molar-refractivity contribution in [2.45, 2.75) is 25.7 Å². The molecule has 0 bridgehead atoms. The maximum absolute atomic E-state index is 5.59. The fourth-order valence-corrected chi connectivity index (χ4v) is 1.33. The SMILES string of the molecule is CC1(C)OCC(c2ncc(N)cn2)O1. The van der Waals surface area contributed by atoms with Crippen molar-refractivity contribution in [3.63, 3.8) is 0 Å². The third kappa shape index (κ3) is 1.83. The largest absolute Gasteiger partial charge is 0.396 e. The summed E-state index contributed by atoms with van der Waals surface area (Å²) >= 11 is 0. The summed E-state index contributed by atoms with van der Waals surface area (Å²) in [5.41, 5.74) is 6.03. The van der Waals surface area contributed by atoms with Gasteiger partial charge in [0.2, 0.25) is 0 Å². The molecule has 1 saturated heterocycles. The molecule has 1 aromatic heterocycles. The summed E-state index contributed by atoms with van der Waals surface area (Å²) in [6.07, 6.45) is 2.94. The number of nitrogens with two attached hydrogens (primary N) is 1. The van der Waals surface area contributed by atoms with Gasteiger partial charge in [0, 0.05) is 0 Å². The van der Waals surface area contributed by atoms with Crippen molar-refractivity contribution in [3.8, 4) is 0 Å². The first kappa shape index (κ1) is 9.36. The van der Waals surface area contributed by atoms with Crippen LogP contribution in [0.4, 0.5) is 5.69 Å². The Kier molecular flexibility index (Phi) is 2.13. The van der Waals surface area contributed by atoms with Crippen LogP contribution in [-0.4, -0.2) is 22.4 Å². The predicted octanol–water partition coefficient (Wildman–Crippen LogP) is 0.883. The number of anilines is 1. The van der Waals surface area contributed by atoms with Gasteiger partial charge in [-0.1, -0.05) is 0 Å². The van der Waals surface area contributed by atoms with Gasteiger partial charge in [0.25, 0.3) is 0 Å². The molecule has 0 spiro atoms. The zero-order valence-electron chi connectivity index (χ0n) is 8.23. The molecule has 0 aliphatic carbocycles. The molecule has 2 rings (SSSR count). The Balaban J connectivity index is 2.14. The minimum atomic E-state index is -0.546. The summed E-state index contributed by atoms with van der Waals surface area (Å²) in [4.78, 5) is 8.17. The molecule has 1 unspecified atom stereocenters. The van der Waals surface area contributed by atoms with Crippen LogP contribution in [0.2, 0.25) is 0 Å². The zero-order chi connectivity index (χ0) is 10.2. The molecule has 1 atom stereocenters. The third-order valence-corrected chi connectivity index (χ3v) is 1.99. The molecule has 0 amide bonds. The van der Waals surface area contributed by atoms with E-state index < -0.39 is 5.79 Å². The van der Waals surface area contributed by atoms with E-state index in [-0.39, 0.29) is 6.10 Å². The molecule has 1 fully saturated rings.